The zero-order chi connectivity index (χ0) is 13.9. The highest BCUT2D eigenvalue weighted by molar-refractivity contribution is 4.94. The van der Waals surface area contributed by atoms with Crippen LogP contribution in [0.2, 0.25) is 0 Å². The third-order valence-electron chi connectivity index (χ3n) is 2.49. The Morgan fingerprint density at radius 1 is 1.21 bits per heavy atom. The van der Waals surface area contributed by atoms with Gasteiger partial charge < -0.3 is 9.73 Å². The zero-order valence-corrected chi connectivity index (χ0v) is 11.8. The quantitative estimate of drug-likeness (QED) is 0.872. The van der Waals surface area contributed by atoms with Gasteiger partial charge in [0, 0.05) is 18.5 Å². The lowest BCUT2D eigenvalue weighted by molar-refractivity contribution is 0.421. The molecule has 0 bridgehead atoms. The summed E-state index contributed by atoms with van der Waals surface area (Å²) >= 11 is 0. The molecule has 1 N–H and O–H groups in total. The molecule has 0 atom stereocenters. The predicted molar refractivity (Wildman–Crippen MR) is 69.4 cm³/mol. The van der Waals surface area contributed by atoms with Crippen LogP contribution in [0.3, 0.4) is 0 Å². The average molecular weight is 264 g/mol. The van der Waals surface area contributed by atoms with Crippen LogP contribution in [0.15, 0.2) is 10.6 Å². The maximum Gasteiger partial charge on any atom is 0.237 e. The first kappa shape index (κ1) is 13.7. The summed E-state index contributed by atoms with van der Waals surface area (Å²) in [6, 6.07) is 0. The van der Waals surface area contributed by atoms with Gasteiger partial charge in [0.15, 0.2) is 0 Å². The van der Waals surface area contributed by atoms with Gasteiger partial charge in [-0.1, -0.05) is 12.1 Å². The molecule has 19 heavy (non-hydrogen) atoms. The van der Waals surface area contributed by atoms with E-state index in [1.165, 1.54) is 0 Å². The van der Waals surface area contributed by atoms with E-state index < -0.39 is 0 Å². The molecule has 0 aliphatic carbocycles. The Labute approximate surface area is 112 Å². The fourth-order valence-corrected chi connectivity index (χ4v) is 1.49. The largest absolute Gasteiger partial charge is 0.423 e. The van der Waals surface area contributed by atoms with Crippen molar-refractivity contribution in [1.82, 2.24) is 30.5 Å². The van der Waals surface area contributed by atoms with Gasteiger partial charge in [0.05, 0.1) is 11.9 Å². The van der Waals surface area contributed by atoms with Crippen LogP contribution in [0.25, 0.3) is 0 Å². The van der Waals surface area contributed by atoms with Gasteiger partial charge in [-0.15, -0.1) is 15.3 Å². The standard InChI is InChI=1S/C12H20N6O/c1-5-10-15-16-11(19-10)8-18-7-9(14-17-18)6-13-12(2,3)4/h7,13H,5-6,8H2,1-4H3. The minimum atomic E-state index is 0.0618. The van der Waals surface area contributed by atoms with E-state index in [0.29, 0.717) is 24.9 Å². The normalized spacial score (nSPS) is 12.0. The molecule has 0 amide bonds. The lowest BCUT2D eigenvalue weighted by Gasteiger charge is -2.19. The van der Waals surface area contributed by atoms with Crippen molar-refractivity contribution in [3.05, 3.63) is 23.7 Å². The zero-order valence-electron chi connectivity index (χ0n) is 11.8. The number of aromatic nitrogens is 5. The van der Waals surface area contributed by atoms with Gasteiger partial charge in [0.25, 0.3) is 0 Å². The van der Waals surface area contributed by atoms with E-state index in [9.17, 15) is 0 Å². The molecular weight excluding hydrogens is 244 g/mol. The molecule has 2 aromatic rings. The number of nitrogens with zero attached hydrogens (tertiary/aromatic N) is 5. The van der Waals surface area contributed by atoms with E-state index in [4.69, 9.17) is 4.42 Å². The van der Waals surface area contributed by atoms with Crippen LogP contribution in [0, 0.1) is 0 Å². The molecule has 7 nitrogen and oxygen atoms in total. The Morgan fingerprint density at radius 2 is 1.95 bits per heavy atom. The first-order chi connectivity index (χ1) is 8.96. The lowest BCUT2D eigenvalue weighted by Crippen LogP contribution is -2.35. The fraction of sp³-hybridized carbons (Fsp3) is 0.667. The number of aryl methyl sites for hydroxylation is 1. The van der Waals surface area contributed by atoms with Gasteiger partial charge >= 0.3 is 0 Å². The van der Waals surface area contributed by atoms with Gasteiger partial charge in [-0.3, -0.25) is 0 Å². The summed E-state index contributed by atoms with van der Waals surface area (Å²) < 4.78 is 7.13. The summed E-state index contributed by atoms with van der Waals surface area (Å²) in [5.41, 5.74) is 0.955. The van der Waals surface area contributed by atoms with Crippen LogP contribution in [0.1, 0.15) is 45.2 Å². The SMILES string of the molecule is CCc1nnc(Cn2cc(CNC(C)(C)C)nn2)o1. The van der Waals surface area contributed by atoms with Crippen LogP contribution < -0.4 is 5.32 Å². The first-order valence-corrected chi connectivity index (χ1v) is 6.41. The Bertz CT molecular complexity index is 524. The molecule has 0 saturated carbocycles. The molecule has 2 heterocycles. The highest BCUT2D eigenvalue weighted by Crippen LogP contribution is 2.04. The number of nitrogens with one attached hydrogen (secondary N) is 1. The molecule has 2 rings (SSSR count). The summed E-state index contributed by atoms with van der Waals surface area (Å²) in [6.07, 6.45) is 2.62. The van der Waals surface area contributed by atoms with Gasteiger partial charge in [-0.25, -0.2) is 4.68 Å². The molecule has 0 radical (unpaired) electrons. The maximum atomic E-state index is 5.43. The van der Waals surface area contributed by atoms with E-state index >= 15 is 0 Å². The second-order valence-electron chi connectivity index (χ2n) is 5.45. The summed E-state index contributed by atoms with van der Waals surface area (Å²) in [6.45, 7) is 9.46. The van der Waals surface area contributed by atoms with Crippen LogP contribution in [-0.2, 0) is 19.5 Å². The number of rotatable bonds is 5. The van der Waals surface area contributed by atoms with Crippen molar-refractivity contribution in [3.8, 4) is 0 Å². The van der Waals surface area contributed by atoms with E-state index in [0.717, 1.165) is 12.1 Å². The van der Waals surface area contributed by atoms with Crippen molar-refractivity contribution < 1.29 is 4.42 Å². The molecule has 0 aliphatic rings. The maximum absolute atomic E-state index is 5.43. The van der Waals surface area contributed by atoms with E-state index in [2.05, 4.69) is 46.6 Å². The van der Waals surface area contributed by atoms with Crippen LogP contribution in [-0.4, -0.2) is 30.7 Å². The monoisotopic (exact) mass is 264 g/mol. The van der Waals surface area contributed by atoms with Crippen molar-refractivity contribution in [3.63, 3.8) is 0 Å². The van der Waals surface area contributed by atoms with Crippen molar-refractivity contribution in [1.29, 1.82) is 0 Å². The Morgan fingerprint density at radius 3 is 2.58 bits per heavy atom. The number of hydrogen-bond donors (Lipinski definition) is 1. The minimum absolute atomic E-state index is 0.0618. The van der Waals surface area contributed by atoms with Crippen molar-refractivity contribution >= 4 is 0 Å². The van der Waals surface area contributed by atoms with Gasteiger partial charge in [0.2, 0.25) is 11.8 Å². The van der Waals surface area contributed by atoms with Crippen molar-refractivity contribution in [2.75, 3.05) is 0 Å². The van der Waals surface area contributed by atoms with Gasteiger partial charge in [-0.05, 0) is 20.8 Å². The highest BCUT2D eigenvalue weighted by Gasteiger charge is 2.11. The second-order valence-corrected chi connectivity index (χ2v) is 5.45. The van der Waals surface area contributed by atoms with Crippen molar-refractivity contribution in [2.24, 2.45) is 0 Å². The third-order valence-corrected chi connectivity index (χ3v) is 2.49. The van der Waals surface area contributed by atoms with Crippen LogP contribution >= 0.6 is 0 Å². The molecule has 0 fully saturated rings. The molecule has 0 saturated heterocycles. The Balaban J connectivity index is 1.93. The van der Waals surface area contributed by atoms with E-state index in [1.54, 1.807) is 4.68 Å². The smallest absolute Gasteiger partial charge is 0.237 e. The summed E-state index contributed by atoms with van der Waals surface area (Å²) in [4.78, 5) is 0. The van der Waals surface area contributed by atoms with E-state index in [-0.39, 0.29) is 5.54 Å². The molecular formula is C12H20N6O. The third kappa shape index (κ3) is 4.13. The summed E-state index contributed by atoms with van der Waals surface area (Å²) in [7, 11) is 0. The van der Waals surface area contributed by atoms with Gasteiger partial charge in [0.1, 0.15) is 6.54 Å². The molecule has 0 unspecified atom stereocenters. The van der Waals surface area contributed by atoms with Crippen LogP contribution in [0.4, 0.5) is 0 Å². The first-order valence-electron chi connectivity index (χ1n) is 6.41. The van der Waals surface area contributed by atoms with E-state index in [1.807, 2.05) is 13.1 Å². The molecule has 104 valence electrons. The molecule has 0 spiro atoms. The second kappa shape index (κ2) is 5.48. The molecule has 0 aliphatic heterocycles. The highest BCUT2D eigenvalue weighted by atomic mass is 16.4. The Kier molecular flexibility index (Phi) is 3.94. The van der Waals surface area contributed by atoms with Gasteiger partial charge in [-0.2, -0.15) is 0 Å². The molecule has 2 aromatic heterocycles. The molecule has 0 aromatic carbocycles. The topological polar surface area (TPSA) is 81.7 Å². The Hall–Kier alpha value is -1.76. The average Bonchev–Trinajstić information content (AvgIpc) is 2.95. The summed E-state index contributed by atoms with van der Waals surface area (Å²) in [5.74, 6) is 1.20. The summed E-state index contributed by atoms with van der Waals surface area (Å²) in [5, 5.41) is 19.4. The number of hydrogen-bond acceptors (Lipinski definition) is 6. The minimum Gasteiger partial charge on any atom is -0.423 e. The van der Waals surface area contributed by atoms with Crippen LogP contribution in [0.5, 0.6) is 0 Å². The van der Waals surface area contributed by atoms with Crippen molar-refractivity contribution in [2.45, 2.75) is 52.7 Å². The molecule has 7 heteroatoms. The lowest BCUT2D eigenvalue weighted by atomic mass is 10.1. The fourth-order valence-electron chi connectivity index (χ4n) is 1.49. The predicted octanol–water partition coefficient (Wildman–Crippen LogP) is 1.16.